The minimum absolute atomic E-state index is 0.00919. The van der Waals surface area contributed by atoms with Crippen LogP contribution in [0, 0.1) is 10.1 Å². The van der Waals surface area contributed by atoms with Crippen LogP contribution in [0.4, 0.5) is 10.5 Å². The number of nitro benzene ring substituents is 1. The largest absolute Gasteiger partial charge is 0.379 e. The summed E-state index contributed by atoms with van der Waals surface area (Å²) < 4.78 is 5.32. The Morgan fingerprint density at radius 3 is 2.73 bits per heavy atom. The fourth-order valence-electron chi connectivity index (χ4n) is 2.11. The number of carbonyl (C=O) groups is 1. The average Bonchev–Trinajstić information content (AvgIpc) is 2.44. The lowest BCUT2D eigenvalue weighted by atomic mass is 10.00. The summed E-state index contributed by atoms with van der Waals surface area (Å²) in [5, 5.41) is 16.2. The van der Waals surface area contributed by atoms with Crippen LogP contribution >= 0.6 is 0 Å². The highest BCUT2D eigenvalue weighted by Crippen LogP contribution is 2.15. The molecular weight excluding hydrogens is 286 g/mol. The van der Waals surface area contributed by atoms with Gasteiger partial charge in [0, 0.05) is 31.8 Å². The van der Waals surface area contributed by atoms with Crippen molar-refractivity contribution in [3.8, 4) is 0 Å². The first-order valence-corrected chi connectivity index (χ1v) is 7.06. The van der Waals surface area contributed by atoms with Gasteiger partial charge in [0.25, 0.3) is 5.69 Å². The molecule has 0 bridgehead atoms. The third-order valence-corrected chi connectivity index (χ3v) is 3.30. The summed E-state index contributed by atoms with van der Waals surface area (Å²) >= 11 is 0. The molecule has 0 spiro atoms. The molecule has 0 saturated carbocycles. The quantitative estimate of drug-likeness (QED) is 0.598. The Labute approximate surface area is 130 Å². The maximum absolute atomic E-state index is 11.8. The van der Waals surface area contributed by atoms with Crippen molar-refractivity contribution < 1.29 is 14.5 Å². The van der Waals surface area contributed by atoms with Gasteiger partial charge in [0.2, 0.25) is 0 Å². The number of amides is 2. The van der Waals surface area contributed by atoms with Crippen LogP contribution < -0.4 is 10.6 Å². The number of ether oxygens (including phenoxy) is 1. The van der Waals surface area contributed by atoms with E-state index in [1.165, 1.54) is 12.1 Å². The molecule has 1 atom stereocenters. The highest BCUT2D eigenvalue weighted by Gasteiger charge is 2.21. The molecule has 1 rings (SSSR count). The van der Waals surface area contributed by atoms with Gasteiger partial charge in [-0.3, -0.25) is 10.1 Å². The molecule has 2 amide bonds. The lowest BCUT2D eigenvalue weighted by molar-refractivity contribution is -0.384. The number of methoxy groups -OCH3 is 1. The first kappa shape index (κ1) is 17.9. The Kier molecular flexibility index (Phi) is 6.30. The van der Waals surface area contributed by atoms with E-state index in [1.807, 2.05) is 20.8 Å². The van der Waals surface area contributed by atoms with Crippen molar-refractivity contribution in [2.75, 3.05) is 7.11 Å². The van der Waals surface area contributed by atoms with Gasteiger partial charge in [-0.15, -0.1) is 0 Å². The molecular formula is C15H23N3O4. The Hall–Kier alpha value is -2.15. The number of non-ortho nitro benzene ring substituents is 1. The number of rotatable bonds is 7. The molecule has 0 aliphatic carbocycles. The molecule has 0 radical (unpaired) electrons. The van der Waals surface area contributed by atoms with Gasteiger partial charge in [-0.2, -0.15) is 0 Å². The van der Waals surface area contributed by atoms with Crippen molar-refractivity contribution in [2.24, 2.45) is 0 Å². The van der Waals surface area contributed by atoms with E-state index in [1.54, 1.807) is 19.2 Å². The lowest BCUT2D eigenvalue weighted by Crippen LogP contribution is -2.43. The number of nitrogens with zero attached hydrogens (tertiary/aromatic N) is 1. The van der Waals surface area contributed by atoms with Gasteiger partial charge in [-0.25, -0.2) is 4.79 Å². The molecule has 7 nitrogen and oxygen atoms in total. The second-order valence-electron chi connectivity index (χ2n) is 5.82. The van der Waals surface area contributed by atoms with E-state index >= 15 is 0 Å². The number of nitrogens with one attached hydrogen (secondary N) is 2. The summed E-state index contributed by atoms with van der Waals surface area (Å²) in [6, 6.07) is 5.81. The number of hydrogen-bond donors (Lipinski definition) is 2. The normalized spacial score (nSPS) is 12.5. The molecule has 0 heterocycles. The lowest BCUT2D eigenvalue weighted by Gasteiger charge is -2.27. The van der Waals surface area contributed by atoms with Crippen LogP contribution in [0.3, 0.4) is 0 Å². The van der Waals surface area contributed by atoms with Crippen molar-refractivity contribution in [3.63, 3.8) is 0 Å². The van der Waals surface area contributed by atoms with E-state index in [-0.39, 0.29) is 29.9 Å². The molecule has 1 aromatic carbocycles. The highest BCUT2D eigenvalue weighted by atomic mass is 16.6. The molecule has 0 saturated heterocycles. The van der Waals surface area contributed by atoms with Crippen LogP contribution in [-0.2, 0) is 11.3 Å². The number of nitro groups is 1. The zero-order chi connectivity index (χ0) is 16.8. The summed E-state index contributed by atoms with van der Waals surface area (Å²) in [6.45, 7) is 6.03. The predicted molar refractivity (Wildman–Crippen MR) is 83.6 cm³/mol. The molecule has 0 fully saturated rings. The second-order valence-corrected chi connectivity index (χ2v) is 5.82. The predicted octanol–water partition coefficient (Wildman–Crippen LogP) is 2.60. The molecule has 22 heavy (non-hydrogen) atoms. The topological polar surface area (TPSA) is 93.5 Å². The zero-order valence-electron chi connectivity index (χ0n) is 13.4. The summed E-state index contributed by atoms with van der Waals surface area (Å²) in [7, 11) is 1.63. The minimum Gasteiger partial charge on any atom is -0.379 e. The van der Waals surface area contributed by atoms with Gasteiger partial charge in [0.05, 0.1) is 10.5 Å². The van der Waals surface area contributed by atoms with E-state index in [9.17, 15) is 14.9 Å². The van der Waals surface area contributed by atoms with Crippen molar-refractivity contribution in [3.05, 3.63) is 39.9 Å². The zero-order valence-corrected chi connectivity index (χ0v) is 13.4. The molecule has 0 unspecified atom stereocenters. The maximum atomic E-state index is 11.8. The average molecular weight is 309 g/mol. The van der Waals surface area contributed by atoms with Gasteiger partial charge in [-0.1, -0.05) is 12.1 Å². The Morgan fingerprint density at radius 2 is 2.14 bits per heavy atom. The third-order valence-electron chi connectivity index (χ3n) is 3.30. The van der Waals surface area contributed by atoms with Gasteiger partial charge >= 0.3 is 6.03 Å². The Balaban J connectivity index is 2.46. The van der Waals surface area contributed by atoms with Gasteiger partial charge in [0.1, 0.15) is 0 Å². The van der Waals surface area contributed by atoms with Gasteiger partial charge in [-0.05, 0) is 32.8 Å². The summed E-state index contributed by atoms with van der Waals surface area (Å²) in [5.74, 6) is 0. The summed E-state index contributed by atoms with van der Waals surface area (Å²) in [5.41, 5.74) is 0.372. The van der Waals surface area contributed by atoms with E-state index in [4.69, 9.17) is 4.74 Å². The smallest absolute Gasteiger partial charge is 0.315 e. The van der Waals surface area contributed by atoms with Crippen molar-refractivity contribution in [1.29, 1.82) is 0 Å². The number of hydrogen-bond acceptors (Lipinski definition) is 4. The monoisotopic (exact) mass is 309 g/mol. The number of urea groups is 1. The molecule has 2 N–H and O–H groups in total. The maximum Gasteiger partial charge on any atom is 0.315 e. The third kappa shape index (κ3) is 6.09. The van der Waals surface area contributed by atoms with Crippen LogP contribution in [0.5, 0.6) is 0 Å². The van der Waals surface area contributed by atoms with Crippen LogP contribution in [0.15, 0.2) is 24.3 Å². The van der Waals surface area contributed by atoms with Crippen LogP contribution in [0.1, 0.15) is 32.8 Å². The fourth-order valence-corrected chi connectivity index (χ4v) is 2.11. The number of benzene rings is 1. The van der Waals surface area contributed by atoms with E-state index in [0.29, 0.717) is 12.0 Å². The summed E-state index contributed by atoms with van der Waals surface area (Å²) in [4.78, 5) is 22.1. The summed E-state index contributed by atoms with van der Waals surface area (Å²) in [6.07, 6.45) is 0.674. The molecule has 1 aromatic rings. The van der Waals surface area contributed by atoms with Crippen LogP contribution in [0.2, 0.25) is 0 Å². The fraction of sp³-hybridized carbons (Fsp3) is 0.533. The molecule has 0 aromatic heterocycles. The second kappa shape index (κ2) is 7.74. The van der Waals surface area contributed by atoms with Gasteiger partial charge in [0.15, 0.2) is 0 Å². The minimum atomic E-state index is -0.460. The first-order valence-electron chi connectivity index (χ1n) is 7.06. The van der Waals surface area contributed by atoms with Crippen molar-refractivity contribution in [2.45, 2.75) is 45.4 Å². The van der Waals surface area contributed by atoms with Crippen molar-refractivity contribution >= 4 is 11.7 Å². The van der Waals surface area contributed by atoms with Crippen LogP contribution in [-0.4, -0.2) is 29.7 Å². The SMILES string of the molecule is COC(C)(C)C[C@@H](C)NC(=O)NCc1cccc([N+](=O)[O-])c1. The van der Waals surface area contributed by atoms with Crippen molar-refractivity contribution in [1.82, 2.24) is 10.6 Å². The standard InChI is InChI=1S/C15H23N3O4/c1-11(9-15(2,3)22-4)17-14(19)16-10-12-6-5-7-13(8-12)18(20)21/h5-8,11H,9-10H2,1-4H3,(H2,16,17,19)/t11-/m1/s1. The molecule has 0 aliphatic rings. The van der Waals surface area contributed by atoms with E-state index in [2.05, 4.69) is 10.6 Å². The molecule has 0 aliphatic heterocycles. The molecule has 7 heteroatoms. The van der Waals surface area contributed by atoms with E-state index < -0.39 is 4.92 Å². The molecule has 122 valence electrons. The van der Waals surface area contributed by atoms with Gasteiger partial charge < -0.3 is 15.4 Å². The van der Waals surface area contributed by atoms with Crippen LogP contribution in [0.25, 0.3) is 0 Å². The first-order chi connectivity index (χ1) is 10.2. The number of carbonyl (C=O) groups excluding carboxylic acids is 1. The van der Waals surface area contributed by atoms with E-state index in [0.717, 1.165) is 0 Å². The Morgan fingerprint density at radius 1 is 1.45 bits per heavy atom. The highest BCUT2D eigenvalue weighted by molar-refractivity contribution is 5.74. The Bertz CT molecular complexity index is 531.